The molecule has 0 fully saturated rings. The van der Waals surface area contributed by atoms with Crippen molar-refractivity contribution in [2.45, 2.75) is 19.9 Å². The number of amides is 1. The minimum Gasteiger partial charge on any atom is -0.494 e. The molecule has 1 aromatic heterocycles. The first-order valence-electron chi connectivity index (χ1n) is 11.2. The highest BCUT2D eigenvalue weighted by Crippen LogP contribution is 2.33. The highest BCUT2D eigenvalue weighted by molar-refractivity contribution is 6.07. The fourth-order valence-corrected chi connectivity index (χ4v) is 3.88. The van der Waals surface area contributed by atoms with E-state index in [2.05, 4.69) is 5.32 Å². The van der Waals surface area contributed by atoms with Gasteiger partial charge in [-0.05, 0) is 61.9 Å². The molecule has 174 valence electrons. The Morgan fingerprint density at radius 3 is 2.38 bits per heavy atom. The molecule has 0 saturated heterocycles. The van der Waals surface area contributed by atoms with Crippen LogP contribution in [0.15, 0.2) is 72.8 Å². The van der Waals surface area contributed by atoms with Crippen molar-refractivity contribution in [1.29, 1.82) is 0 Å². The van der Waals surface area contributed by atoms with Crippen LogP contribution in [0.1, 0.15) is 35.8 Å². The number of ether oxygens (including phenoxy) is 3. The van der Waals surface area contributed by atoms with E-state index in [1.54, 1.807) is 14.2 Å². The maximum Gasteiger partial charge on any atom is 0.252 e. The van der Waals surface area contributed by atoms with Gasteiger partial charge in [-0.2, -0.15) is 0 Å². The molecule has 0 aliphatic rings. The van der Waals surface area contributed by atoms with E-state index in [-0.39, 0.29) is 11.9 Å². The van der Waals surface area contributed by atoms with E-state index < -0.39 is 0 Å². The van der Waals surface area contributed by atoms with Crippen molar-refractivity contribution in [3.8, 4) is 28.5 Å². The molecule has 3 aromatic carbocycles. The van der Waals surface area contributed by atoms with Crippen LogP contribution in [-0.2, 0) is 0 Å². The summed E-state index contributed by atoms with van der Waals surface area (Å²) in [7, 11) is 3.19. The van der Waals surface area contributed by atoms with Gasteiger partial charge >= 0.3 is 0 Å². The average Bonchev–Trinajstić information content (AvgIpc) is 2.88. The second-order valence-corrected chi connectivity index (χ2v) is 7.84. The number of benzene rings is 3. The average molecular weight is 457 g/mol. The largest absolute Gasteiger partial charge is 0.494 e. The van der Waals surface area contributed by atoms with Crippen molar-refractivity contribution in [3.63, 3.8) is 0 Å². The summed E-state index contributed by atoms with van der Waals surface area (Å²) in [6, 6.07) is 22.7. The first-order chi connectivity index (χ1) is 16.5. The van der Waals surface area contributed by atoms with Gasteiger partial charge in [0, 0.05) is 10.9 Å². The van der Waals surface area contributed by atoms with E-state index in [0.717, 1.165) is 27.8 Å². The Morgan fingerprint density at radius 2 is 1.68 bits per heavy atom. The van der Waals surface area contributed by atoms with Crippen LogP contribution in [0.3, 0.4) is 0 Å². The Hall–Kier alpha value is -4.06. The molecule has 1 heterocycles. The Balaban J connectivity index is 1.68. The summed E-state index contributed by atoms with van der Waals surface area (Å²) in [4.78, 5) is 18.2. The quantitative estimate of drug-likeness (QED) is 0.362. The van der Waals surface area contributed by atoms with E-state index in [1.165, 1.54) is 0 Å². The monoisotopic (exact) mass is 456 g/mol. The number of para-hydroxylation sites is 1. The molecule has 0 radical (unpaired) electrons. The van der Waals surface area contributed by atoms with Crippen LogP contribution in [0.2, 0.25) is 0 Å². The van der Waals surface area contributed by atoms with Gasteiger partial charge in [0.2, 0.25) is 0 Å². The highest BCUT2D eigenvalue weighted by atomic mass is 16.5. The standard InChI is InChI=1S/C28H28N2O4/c1-5-34-21-13-10-19(11-14-21)18(2)29-28(31)23-17-25(30-24-9-7-6-8-22(23)24)20-12-15-26(32-3)27(16-20)33-4/h6-18H,5H2,1-4H3,(H,29,31)/t18-/m0/s1. The molecule has 0 saturated carbocycles. The number of rotatable bonds is 8. The van der Waals surface area contributed by atoms with Gasteiger partial charge in [0.05, 0.1) is 43.6 Å². The Bertz CT molecular complexity index is 1300. The van der Waals surface area contributed by atoms with Crippen LogP contribution in [0, 0.1) is 0 Å². The maximum atomic E-state index is 13.4. The molecule has 0 aliphatic carbocycles. The molecule has 4 rings (SSSR count). The molecule has 34 heavy (non-hydrogen) atoms. The number of carbonyl (C=O) groups is 1. The van der Waals surface area contributed by atoms with Crippen molar-refractivity contribution in [1.82, 2.24) is 10.3 Å². The molecular formula is C28H28N2O4. The van der Waals surface area contributed by atoms with Gasteiger partial charge < -0.3 is 19.5 Å². The molecule has 6 heteroatoms. The molecule has 4 aromatic rings. The van der Waals surface area contributed by atoms with Crippen LogP contribution >= 0.6 is 0 Å². The van der Waals surface area contributed by atoms with Crippen molar-refractivity contribution in [2.75, 3.05) is 20.8 Å². The van der Waals surface area contributed by atoms with Crippen LogP contribution < -0.4 is 19.5 Å². The number of pyridine rings is 1. The zero-order valence-corrected chi connectivity index (χ0v) is 19.8. The molecule has 0 bridgehead atoms. The number of nitrogens with zero attached hydrogens (tertiary/aromatic N) is 1. The fraction of sp³-hybridized carbons (Fsp3) is 0.214. The van der Waals surface area contributed by atoms with Crippen molar-refractivity contribution in [3.05, 3.63) is 83.9 Å². The minimum atomic E-state index is -0.181. The summed E-state index contributed by atoms with van der Waals surface area (Å²) in [5.41, 5.74) is 3.81. The second-order valence-electron chi connectivity index (χ2n) is 7.84. The fourth-order valence-electron chi connectivity index (χ4n) is 3.88. The summed E-state index contributed by atoms with van der Waals surface area (Å²) in [6.45, 7) is 4.53. The van der Waals surface area contributed by atoms with Gasteiger partial charge in [-0.25, -0.2) is 4.98 Å². The van der Waals surface area contributed by atoms with Crippen molar-refractivity contribution >= 4 is 16.8 Å². The van der Waals surface area contributed by atoms with Gasteiger partial charge in [-0.3, -0.25) is 4.79 Å². The topological polar surface area (TPSA) is 69.7 Å². The molecule has 0 unspecified atom stereocenters. The molecule has 1 N–H and O–H groups in total. The summed E-state index contributed by atoms with van der Waals surface area (Å²) < 4.78 is 16.3. The first-order valence-corrected chi connectivity index (χ1v) is 11.2. The van der Waals surface area contributed by atoms with Crippen LogP contribution in [0.25, 0.3) is 22.2 Å². The van der Waals surface area contributed by atoms with E-state index >= 15 is 0 Å². The number of hydrogen-bond donors (Lipinski definition) is 1. The Kier molecular flexibility index (Phi) is 6.97. The lowest BCUT2D eigenvalue weighted by molar-refractivity contribution is 0.0941. The van der Waals surface area contributed by atoms with Crippen LogP contribution in [0.4, 0.5) is 0 Å². The van der Waals surface area contributed by atoms with E-state index in [9.17, 15) is 4.79 Å². The van der Waals surface area contributed by atoms with Crippen molar-refractivity contribution in [2.24, 2.45) is 0 Å². The number of fused-ring (bicyclic) bond motifs is 1. The first kappa shape index (κ1) is 23.1. The maximum absolute atomic E-state index is 13.4. The molecular weight excluding hydrogens is 428 g/mol. The van der Waals surface area contributed by atoms with Gasteiger partial charge in [-0.15, -0.1) is 0 Å². The predicted molar refractivity (Wildman–Crippen MR) is 134 cm³/mol. The third kappa shape index (κ3) is 4.81. The van der Waals surface area contributed by atoms with Gasteiger partial charge in [0.25, 0.3) is 5.91 Å². The van der Waals surface area contributed by atoms with Gasteiger partial charge in [-0.1, -0.05) is 30.3 Å². The van der Waals surface area contributed by atoms with E-state index in [0.29, 0.717) is 29.4 Å². The molecule has 1 atom stereocenters. The summed E-state index contributed by atoms with van der Waals surface area (Å²) >= 11 is 0. The minimum absolute atomic E-state index is 0.165. The SMILES string of the molecule is CCOc1ccc([C@H](C)NC(=O)c2cc(-c3ccc(OC)c(OC)c3)nc3ccccc23)cc1. The number of nitrogens with one attached hydrogen (secondary N) is 1. The third-order valence-corrected chi connectivity index (χ3v) is 5.68. The number of aromatic nitrogens is 1. The molecule has 0 aliphatic heterocycles. The highest BCUT2D eigenvalue weighted by Gasteiger charge is 2.17. The zero-order chi connectivity index (χ0) is 24.1. The van der Waals surface area contributed by atoms with Crippen LogP contribution in [0.5, 0.6) is 17.2 Å². The molecule has 0 spiro atoms. The van der Waals surface area contributed by atoms with E-state index in [1.807, 2.05) is 86.6 Å². The molecule has 1 amide bonds. The second kappa shape index (κ2) is 10.3. The number of hydrogen-bond acceptors (Lipinski definition) is 5. The van der Waals surface area contributed by atoms with Crippen molar-refractivity contribution < 1.29 is 19.0 Å². The Morgan fingerprint density at radius 1 is 0.941 bits per heavy atom. The van der Waals surface area contributed by atoms with Gasteiger partial charge in [0.15, 0.2) is 11.5 Å². The Labute approximate surface area is 199 Å². The molecule has 6 nitrogen and oxygen atoms in total. The number of methoxy groups -OCH3 is 2. The number of carbonyl (C=O) groups excluding carboxylic acids is 1. The van der Waals surface area contributed by atoms with Crippen LogP contribution in [-0.4, -0.2) is 31.7 Å². The summed E-state index contributed by atoms with van der Waals surface area (Å²) in [5, 5.41) is 3.92. The van der Waals surface area contributed by atoms with E-state index in [4.69, 9.17) is 19.2 Å². The zero-order valence-electron chi connectivity index (χ0n) is 19.8. The lowest BCUT2D eigenvalue weighted by atomic mass is 10.0. The lowest BCUT2D eigenvalue weighted by Crippen LogP contribution is -2.27. The third-order valence-electron chi connectivity index (χ3n) is 5.68. The lowest BCUT2D eigenvalue weighted by Gasteiger charge is -2.17. The van der Waals surface area contributed by atoms with Gasteiger partial charge in [0.1, 0.15) is 5.75 Å². The smallest absolute Gasteiger partial charge is 0.252 e. The summed E-state index contributed by atoms with van der Waals surface area (Å²) in [6.07, 6.45) is 0. The predicted octanol–water partition coefficient (Wildman–Crippen LogP) is 5.81. The normalized spacial score (nSPS) is 11.6. The summed E-state index contributed by atoms with van der Waals surface area (Å²) in [5.74, 6) is 1.88.